The Labute approximate surface area is 116 Å². The van der Waals surface area contributed by atoms with Crippen molar-refractivity contribution in [1.29, 1.82) is 0 Å². The van der Waals surface area contributed by atoms with E-state index in [-0.39, 0.29) is 11.8 Å². The predicted molar refractivity (Wildman–Crippen MR) is 74.5 cm³/mol. The van der Waals surface area contributed by atoms with Gasteiger partial charge in [-0.25, -0.2) is 0 Å². The highest BCUT2D eigenvalue weighted by Crippen LogP contribution is 2.39. The smallest absolute Gasteiger partial charge is 0.226 e. The molecule has 98 valence electrons. The highest BCUT2D eigenvalue weighted by Gasteiger charge is 2.31. The molecule has 1 aliphatic heterocycles. The molecule has 0 saturated heterocycles. The Morgan fingerprint density at radius 2 is 2.26 bits per heavy atom. The summed E-state index contributed by atoms with van der Waals surface area (Å²) >= 11 is 6.05. The van der Waals surface area contributed by atoms with Crippen LogP contribution in [0.5, 0.6) is 0 Å². The summed E-state index contributed by atoms with van der Waals surface area (Å²) in [4.78, 5) is 11.9. The van der Waals surface area contributed by atoms with Gasteiger partial charge in [-0.05, 0) is 24.6 Å². The van der Waals surface area contributed by atoms with Crippen LogP contribution in [0.4, 0.5) is 5.82 Å². The van der Waals surface area contributed by atoms with Gasteiger partial charge in [-0.2, -0.15) is 5.10 Å². The van der Waals surface area contributed by atoms with Crippen LogP contribution >= 0.6 is 11.6 Å². The second-order valence-electron chi connectivity index (χ2n) is 4.83. The fourth-order valence-electron chi connectivity index (χ4n) is 2.72. The molecule has 1 N–H and O–H groups in total. The van der Waals surface area contributed by atoms with E-state index in [4.69, 9.17) is 11.6 Å². The summed E-state index contributed by atoms with van der Waals surface area (Å²) in [5, 5.41) is 7.97. The number of anilines is 1. The summed E-state index contributed by atoms with van der Waals surface area (Å²) in [5.41, 5.74) is 3.09. The van der Waals surface area contributed by atoms with Gasteiger partial charge >= 0.3 is 0 Å². The minimum Gasteiger partial charge on any atom is -0.311 e. The van der Waals surface area contributed by atoms with Crippen LogP contribution < -0.4 is 5.32 Å². The van der Waals surface area contributed by atoms with E-state index in [2.05, 4.69) is 10.4 Å². The first-order valence-electron chi connectivity index (χ1n) is 6.15. The lowest BCUT2D eigenvalue weighted by Gasteiger charge is -2.24. The Morgan fingerprint density at radius 3 is 3.00 bits per heavy atom. The van der Waals surface area contributed by atoms with Crippen molar-refractivity contribution in [3.63, 3.8) is 0 Å². The van der Waals surface area contributed by atoms with Crippen molar-refractivity contribution >= 4 is 23.3 Å². The molecule has 3 rings (SSSR count). The summed E-state index contributed by atoms with van der Waals surface area (Å²) in [6, 6.07) is 7.67. The molecule has 0 spiro atoms. The van der Waals surface area contributed by atoms with Gasteiger partial charge in [0.1, 0.15) is 5.82 Å². The molecular formula is C14H14ClN3O. The first-order chi connectivity index (χ1) is 9.06. The van der Waals surface area contributed by atoms with Crippen molar-refractivity contribution in [3.05, 3.63) is 46.1 Å². The number of amides is 1. The van der Waals surface area contributed by atoms with Gasteiger partial charge < -0.3 is 5.32 Å². The van der Waals surface area contributed by atoms with E-state index < -0.39 is 0 Å². The molecular weight excluding hydrogens is 262 g/mol. The number of carbonyl (C=O) groups excluding carboxylic acids is 1. The molecule has 0 radical (unpaired) electrons. The number of hydrogen-bond acceptors (Lipinski definition) is 2. The molecule has 1 amide bonds. The number of fused-ring (bicyclic) bond motifs is 1. The first-order valence-corrected chi connectivity index (χ1v) is 6.53. The summed E-state index contributed by atoms with van der Waals surface area (Å²) in [6.45, 7) is 1.97. The van der Waals surface area contributed by atoms with Crippen LogP contribution in [0.15, 0.2) is 24.3 Å². The third-order valence-electron chi connectivity index (χ3n) is 3.52. The van der Waals surface area contributed by atoms with Crippen LogP contribution in [0, 0.1) is 6.92 Å². The Morgan fingerprint density at radius 1 is 1.47 bits per heavy atom. The molecule has 0 saturated carbocycles. The SMILES string of the molecule is Cc1nn(C)c2c1[C@H](c1cccc(Cl)c1)CC(=O)N2. The molecule has 2 aromatic rings. The van der Waals surface area contributed by atoms with Crippen molar-refractivity contribution < 1.29 is 4.79 Å². The van der Waals surface area contributed by atoms with Crippen molar-refractivity contribution in [3.8, 4) is 0 Å². The zero-order valence-electron chi connectivity index (χ0n) is 10.8. The second-order valence-corrected chi connectivity index (χ2v) is 5.27. The zero-order valence-corrected chi connectivity index (χ0v) is 11.5. The molecule has 19 heavy (non-hydrogen) atoms. The van der Waals surface area contributed by atoms with Gasteiger partial charge in [0.25, 0.3) is 0 Å². The lowest BCUT2D eigenvalue weighted by Crippen LogP contribution is -2.24. The van der Waals surface area contributed by atoms with Gasteiger partial charge in [-0.1, -0.05) is 23.7 Å². The van der Waals surface area contributed by atoms with Crippen molar-refractivity contribution in [2.75, 3.05) is 5.32 Å². The average Bonchev–Trinajstić information content (AvgIpc) is 2.64. The number of nitrogens with zero attached hydrogens (tertiary/aromatic N) is 2. The number of aryl methyl sites for hydroxylation is 2. The summed E-state index contributed by atoms with van der Waals surface area (Å²) in [7, 11) is 1.84. The van der Waals surface area contributed by atoms with Crippen LogP contribution in [-0.4, -0.2) is 15.7 Å². The third-order valence-corrected chi connectivity index (χ3v) is 3.75. The quantitative estimate of drug-likeness (QED) is 0.870. The highest BCUT2D eigenvalue weighted by atomic mass is 35.5. The standard InChI is InChI=1S/C14H14ClN3O/c1-8-13-11(9-4-3-5-10(15)6-9)7-12(19)16-14(13)18(2)17-8/h3-6,11H,7H2,1-2H3,(H,16,19)/t11-/m0/s1. The highest BCUT2D eigenvalue weighted by molar-refractivity contribution is 6.30. The van der Waals surface area contributed by atoms with E-state index in [9.17, 15) is 4.79 Å². The van der Waals surface area contributed by atoms with Crippen LogP contribution in [0.3, 0.4) is 0 Å². The summed E-state index contributed by atoms with van der Waals surface area (Å²) < 4.78 is 1.72. The molecule has 1 aromatic carbocycles. The van der Waals surface area contributed by atoms with E-state index in [1.165, 1.54) is 0 Å². The van der Waals surface area contributed by atoms with Gasteiger partial charge in [0, 0.05) is 30.0 Å². The number of halogens is 1. The lowest BCUT2D eigenvalue weighted by molar-refractivity contribution is -0.116. The molecule has 4 nitrogen and oxygen atoms in total. The monoisotopic (exact) mass is 275 g/mol. The van der Waals surface area contributed by atoms with E-state index in [1.807, 2.05) is 38.2 Å². The zero-order chi connectivity index (χ0) is 13.6. The molecule has 0 unspecified atom stereocenters. The Hall–Kier alpha value is -1.81. The largest absolute Gasteiger partial charge is 0.311 e. The number of aromatic nitrogens is 2. The fraction of sp³-hybridized carbons (Fsp3) is 0.286. The van der Waals surface area contributed by atoms with Gasteiger partial charge in [0.05, 0.1) is 5.69 Å². The van der Waals surface area contributed by atoms with E-state index in [0.29, 0.717) is 11.4 Å². The van der Waals surface area contributed by atoms with Gasteiger partial charge in [0.2, 0.25) is 5.91 Å². The maximum atomic E-state index is 11.9. The Kier molecular flexibility index (Phi) is 2.82. The van der Waals surface area contributed by atoms with E-state index in [1.54, 1.807) is 4.68 Å². The number of benzene rings is 1. The molecule has 1 aromatic heterocycles. The molecule has 2 heterocycles. The lowest BCUT2D eigenvalue weighted by atomic mass is 9.86. The molecule has 0 bridgehead atoms. The summed E-state index contributed by atoms with van der Waals surface area (Å²) in [6.07, 6.45) is 0.430. The van der Waals surface area contributed by atoms with E-state index >= 15 is 0 Å². The Bertz CT molecular complexity index is 663. The first kappa shape index (κ1) is 12.2. The van der Waals surface area contributed by atoms with Crippen LogP contribution in [-0.2, 0) is 11.8 Å². The van der Waals surface area contributed by atoms with Crippen LogP contribution in [0.1, 0.15) is 29.2 Å². The Balaban J connectivity index is 2.16. The van der Waals surface area contributed by atoms with Crippen molar-refractivity contribution in [1.82, 2.24) is 9.78 Å². The normalized spacial score (nSPS) is 18.1. The predicted octanol–water partition coefficient (Wildman–Crippen LogP) is 2.86. The van der Waals surface area contributed by atoms with Crippen LogP contribution in [0.25, 0.3) is 0 Å². The number of rotatable bonds is 1. The maximum Gasteiger partial charge on any atom is 0.226 e. The second kappa shape index (κ2) is 4.38. The minimum atomic E-state index is 0.0143. The molecule has 0 aliphatic carbocycles. The fourth-order valence-corrected chi connectivity index (χ4v) is 2.92. The topological polar surface area (TPSA) is 46.9 Å². The number of carbonyl (C=O) groups is 1. The molecule has 0 fully saturated rings. The minimum absolute atomic E-state index is 0.0143. The molecule has 5 heteroatoms. The van der Waals surface area contributed by atoms with Crippen molar-refractivity contribution in [2.45, 2.75) is 19.3 Å². The third kappa shape index (κ3) is 2.02. The number of nitrogens with one attached hydrogen (secondary N) is 1. The van der Waals surface area contributed by atoms with Crippen molar-refractivity contribution in [2.24, 2.45) is 7.05 Å². The van der Waals surface area contributed by atoms with Gasteiger partial charge in [-0.15, -0.1) is 0 Å². The van der Waals surface area contributed by atoms with Crippen LogP contribution in [0.2, 0.25) is 5.02 Å². The molecule has 1 atom stereocenters. The molecule has 1 aliphatic rings. The average molecular weight is 276 g/mol. The number of hydrogen-bond donors (Lipinski definition) is 1. The maximum absolute atomic E-state index is 11.9. The van der Waals surface area contributed by atoms with Gasteiger partial charge in [-0.3, -0.25) is 9.48 Å². The summed E-state index contributed by atoms with van der Waals surface area (Å²) in [5.74, 6) is 0.829. The van der Waals surface area contributed by atoms with E-state index in [0.717, 1.165) is 22.6 Å². The van der Waals surface area contributed by atoms with Gasteiger partial charge in [0.15, 0.2) is 0 Å².